The maximum absolute atomic E-state index is 13.6. The number of amides is 3. The van der Waals surface area contributed by atoms with Gasteiger partial charge < -0.3 is 20.3 Å². The van der Waals surface area contributed by atoms with Crippen molar-refractivity contribution >= 4 is 17.7 Å². The van der Waals surface area contributed by atoms with Crippen molar-refractivity contribution in [1.82, 2.24) is 15.5 Å². The van der Waals surface area contributed by atoms with E-state index in [0.717, 1.165) is 30.6 Å². The molecule has 0 aliphatic carbocycles. The smallest absolute Gasteiger partial charge is 0.245 e. The summed E-state index contributed by atoms with van der Waals surface area (Å²) in [6.07, 6.45) is 4.38. The van der Waals surface area contributed by atoms with Gasteiger partial charge in [0, 0.05) is 32.0 Å². The van der Waals surface area contributed by atoms with Crippen LogP contribution in [0.5, 0.6) is 11.5 Å². The Morgan fingerprint density at radius 2 is 1.74 bits per heavy atom. The minimum Gasteiger partial charge on any atom is -0.457 e. The summed E-state index contributed by atoms with van der Waals surface area (Å²) in [4.78, 5) is 41.6. The second kappa shape index (κ2) is 14.6. The monoisotopic (exact) mass is 521 g/mol. The van der Waals surface area contributed by atoms with Crippen LogP contribution >= 0.6 is 0 Å². The molecule has 1 unspecified atom stereocenters. The molecule has 38 heavy (non-hydrogen) atoms. The van der Waals surface area contributed by atoms with Crippen molar-refractivity contribution < 1.29 is 19.1 Å². The second-order valence-electron chi connectivity index (χ2n) is 10.6. The van der Waals surface area contributed by atoms with Crippen molar-refractivity contribution in [2.24, 2.45) is 17.8 Å². The number of hydrogen-bond donors (Lipinski definition) is 2. The van der Waals surface area contributed by atoms with Crippen LogP contribution in [0.2, 0.25) is 0 Å². The molecule has 2 aromatic rings. The zero-order chi connectivity index (χ0) is 27.5. The van der Waals surface area contributed by atoms with Gasteiger partial charge in [0.15, 0.2) is 0 Å². The average molecular weight is 522 g/mol. The number of hydrogen-bond acceptors (Lipinski definition) is 4. The quantitative estimate of drug-likeness (QED) is 0.397. The molecule has 2 N–H and O–H groups in total. The van der Waals surface area contributed by atoms with Crippen LogP contribution in [-0.4, -0.2) is 42.3 Å². The standard InChI is InChI=1S/C31H43N3O4/c1-5-12-26(29(35)32-4)27(19-22(2)3)30(36)33-28-17-9-10-18-34(31(28)37)21-23-13-11-16-25(20-23)38-24-14-7-6-8-15-24/h6-8,11,13-16,20,22,26-28H,5,9-10,12,17-19,21H2,1-4H3,(H,32,35)(H,33,36)/t26?,27-,28-/m0/s1. The number of para-hydroxylation sites is 1. The minimum atomic E-state index is -0.588. The van der Waals surface area contributed by atoms with Crippen LogP contribution in [0, 0.1) is 17.8 Å². The lowest BCUT2D eigenvalue weighted by Gasteiger charge is -2.29. The number of carbonyl (C=O) groups excluding carboxylic acids is 3. The van der Waals surface area contributed by atoms with Gasteiger partial charge in [-0.25, -0.2) is 0 Å². The normalized spacial score (nSPS) is 17.4. The lowest BCUT2D eigenvalue weighted by atomic mass is 9.81. The molecule has 0 saturated carbocycles. The Bertz CT molecular complexity index is 1060. The van der Waals surface area contributed by atoms with Gasteiger partial charge in [-0.3, -0.25) is 14.4 Å². The van der Waals surface area contributed by atoms with Crippen LogP contribution in [-0.2, 0) is 20.9 Å². The van der Waals surface area contributed by atoms with E-state index >= 15 is 0 Å². The Morgan fingerprint density at radius 3 is 2.42 bits per heavy atom. The molecule has 206 valence electrons. The van der Waals surface area contributed by atoms with Crippen LogP contribution in [0.1, 0.15) is 64.9 Å². The van der Waals surface area contributed by atoms with E-state index in [1.165, 1.54) is 0 Å². The van der Waals surface area contributed by atoms with E-state index < -0.39 is 17.9 Å². The summed E-state index contributed by atoms with van der Waals surface area (Å²) in [6, 6.07) is 16.8. The highest BCUT2D eigenvalue weighted by atomic mass is 16.5. The third-order valence-electron chi connectivity index (χ3n) is 7.08. The Hall–Kier alpha value is -3.35. The van der Waals surface area contributed by atoms with E-state index in [4.69, 9.17) is 4.74 Å². The zero-order valence-corrected chi connectivity index (χ0v) is 23.2. The summed E-state index contributed by atoms with van der Waals surface area (Å²) in [7, 11) is 1.61. The van der Waals surface area contributed by atoms with Gasteiger partial charge in [-0.05, 0) is 67.9 Å². The number of likely N-dealkylation sites (tertiary alicyclic amines) is 1. The van der Waals surface area contributed by atoms with Crippen LogP contribution in [0.25, 0.3) is 0 Å². The molecule has 7 nitrogen and oxygen atoms in total. The Morgan fingerprint density at radius 1 is 1.00 bits per heavy atom. The summed E-state index contributed by atoms with van der Waals surface area (Å²) in [6.45, 7) is 7.22. The number of nitrogens with zero attached hydrogens (tertiary/aromatic N) is 1. The summed E-state index contributed by atoms with van der Waals surface area (Å²) in [5.41, 5.74) is 0.971. The first-order valence-corrected chi connectivity index (χ1v) is 13.9. The van der Waals surface area contributed by atoms with Crippen molar-refractivity contribution in [1.29, 1.82) is 0 Å². The molecule has 7 heteroatoms. The molecule has 0 aromatic heterocycles. The molecule has 3 atom stereocenters. The molecular formula is C31H43N3O4. The van der Waals surface area contributed by atoms with Crippen LogP contribution in [0.3, 0.4) is 0 Å². The highest BCUT2D eigenvalue weighted by molar-refractivity contribution is 5.91. The number of ether oxygens (including phenoxy) is 1. The molecule has 1 aliphatic heterocycles. The first-order valence-electron chi connectivity index (χ1n) is 13.9. The zero-order valence-electron chi connectivity index (χ0n) is 23.2. The minimum absolute atomic E-state index is 0.0690. The molecule has 1 fully saturated rings. The molecule has 1 aliphatic rings. The van der Waals surface area contributed by atoms with Gasteiger partial charge in [0.25, 0.3) is 0 Å². The van der Waals surface area contributed by atoms with Gasteiger partial charge >= 0.3 is 0 Å². The Labute approximate surface area is 227 Å². The third kappa shape index (κ3) is 8.33. The highest BCUT2D eigenvalue weighted by Gasteiger charge is 2.36. The molecule has 2 aromatic carbocycles. The first kappa shape index (κ1) is 29.2. The SMILES string of the molecule is CCCC(C(=O)NC)[C@H](CC(C)C)C(=O)N[C@H]1CCCCN(Cc2cccc(Oc3ccccc3)c2)C1=O. The largest absolute Gasteiger partial charge is 0.457 e. The number of nitrogens with one attached hydrogen (secondary N) is 2. The molecule has 0 radical (unpaired) electrons. The fraction of sp³-hybridized carbons (Fsp3) is 0.516. The van der Waals surface area contributed by atoms with E-state index in [-0.39, 0.29) is 23.6 Å². The molecule has 1 heterocycles. The van der Waals surface area contributed by atoms with Crippen LogP contribution < -0.4 is 15.4 Å². The number of carbonyl (C=O) groups is 3. The fourth-order valence-corrected chi connectivity index (χ4v) is 5.20. The van der Waals surface area contributed by atoms with E-state index in [9.17, 15) is 14.4 Å². The molecule has 3 amide bonds. The summed E-state index contributed by atoms with van der Waals surface area (Å²) in [5.74, 6) is 0.476. The van der Waals surface area contributed by atoms with Gasteiger partial charge in [-0.1, -0.05) is 57.5 Å². The average Bonchev–Trinajstić information content (AvgIpc) is 3.07. The fourth-order valence-electron chi connectivity index (χ4n) is 5.20. The molecule has 3 rings (SSSR count). The number of benzene rings is 2. The molecular weight excluding hydrogens is 478 g/mol. The van der Waals surface area contributed by atoms with Crippen molar-refractivity contribution in [3.05, 3.63) is 60.2 Å². The van der Waals surface area contributed by atoms with Gasteiger partial charge in [0.1, 0.15) is 17.5 Å². The Kier molecular flexibility index (Phi) is 11.2. The van der Waals surface area contributed by atoms with Crippen molar-refractivity contribution in [3.63, 3.8) is 0 Å². The number of rotatable bonds is 12. The molecule has 0 bridgehead atoms. The van der Waals surface area contributed by atoms with Crippen molar-refractivity contribution in [2.75, 3.05) is 13.6 Å². The van der Waals surface area contributed by atoms with E-state index in [2.05, 4.69) is 24.5 Å². The first-order chi connectivity index (χ1) is 18.3. The summed E-state index contributed by atoms with van der Waals surface area (Å²) in [5, 5.41) is 5.79. The maximum Gasteiger partial charge on any atom is 0.245 e. The lowest BCUT2D eigenvalue weighted by Crippen LogP contribution is -2.51. The topological polar surface area (TPSA) is 87.7 Å². The molecule has 1 saturated heterocycles. The van der Waals surface area contributed by atoms with Gasteiger partial charge in [0.05, 0.1) is 0 Å². The Balaban J connectivity index is 1.72. The van der Waals surface area contributed by atoms with E-state index in [1.807, 2.05) is 66.4 Å². The van der Waals surface area contributed by atoms with E-state index in [1.54, 1.807) is 7.05 Å². The summed E-state index contributed by atoms with van der Waals surface area (Å²) < 4.78 is 5.97. The predicted molar refractivity (Wildman–Crippen MR) is 150 cm³/mol. The lowest BCUT2D eigenvalue weighted by molar-refractivity contribution is -0.140. The maximum atomic E-state index is 13.6. The second-order valence-corrected chi connectivity index (χ2v) is 10.6. The molecule has 0 spiro atoms. The summed E-state index contributed by atoms with van der Waals surface area (Å²) >= 11 is 0. The van der Waals surface area contributed by atoms with E-state index in [0.29, 0.717) is 38.1 Å². The van der Waals surface area contributed by atoms with Crippen LogP contribution in [0.15, 0.2) is 54.6 Å². The van der Waals surface area contributed by atoms with Crippen molar-refractivity contribution in [3.8, 4) is 11.5 Å². The van der Waals surface area contributed by atoms with Crippen molar-refractivity contribution in [2.45, 2.75) is 71.9 Å². The van der Waals surface area contributed by atoms with Gasteiger partial charge in [-0.15, -0.1) is 0 Å². The predicted octanol–water partition coefficient (Wildman–Crippen LogP) is 5.30. The highest BCUT2D eigenvalue weighted by Crippen LogP contribution is 2.27. The van der Waals surface area contributed by atoms with Gasteiger partial charge in [0.2, 0.25) is 17.7 Å². The van der Waals surface area contributed by atoms with Gasteiger partial charge in [-0.2, -0.15) is 0 Å². The van der Waals surface area contributed by atoms with Crippen LogP contribution in [0.4, 0.5) is 0 Å². The third-order valence-corrected chi connectivity index (χ3v) is 7.08.